The molecule has 2 aromatic carbocycles. The van der Waals surface area contributed by atoms with E-state index in [1.165, 1.54) is 6.33 Å². The van der Waals surface area contributed by atoms with Crippen LogP contribution in [0.15, 0.2) is 67.3 Å². The topological polar surface area (TPSA) is 92.2 Å². The Labute approximate surface area is 175 Å². The average molecular weight is 406 g/mol. The Morgan fingerprint density at radius 3 is 2.50 bits per heavy atom. The van der Waals surface area contributed by atoms with Gasteiger partial charge in [0.2, 0.25) is 5.91 Å². The number of carbonyl (C=O) groups excluding carboxylic acids is 2. The van der Waals surface area contributed by atoms with Crippen molar-refractivity contribution < 1.29 is 9.59 Å². The largest absolute Gasteiger partial charge is 0.350 e. The van der Waals surface area contributed by atoms with Crippen molar-refractivity contribution >= 4 is 11.9 Å². The second-order valence-electron chi connectivity index (χ2n) is 7.04. The molecule has 0 aliphatic heterocycles. The average Bonchev–Trinajstić information content (AvgIpc) is 3.29. The number of nitrogens with zero attached hydrogens (tertiary/aromatic N) is 4. The summed E-state index contributed by atoms with van der Waals surface area (Å²) in [6.07, 6.45) is 3.33. The van der Waals surface area contributed by atoms with Gasteiger partial charge in [0.1, 0.15) is 12.7 Å². The summed E-state index contributed by atoms with van der Waals surface area (Å²) in [6, 6.07) is 17.2. The molecule has 0 saturated heterocycles. The standard InChI is InChI=1S/C22H26N6O2/c1-17(19-8-10-20(11-9-19)28-16-23-15-25-28)26-21(29)12-13-24-22(30)27(2)14-18-6-4-3-5-7-18/h3-11,15-17H,12-14H2,1-2H3,(H,24,30)(H,26,29). The lowest BCUT2D eigenvalue weighted by atomic mass is 10.1. The molecule has 0 spiro atoms. The monoisotopic (exact) mass is 406 g/mol. The van der Waals surface area contributed by atoms with Gasteiger partial charge in [-0.1, -0.05) is 42.5 Å². The molecule has 2 N–H and O–H groups in total. The third kappa shape index (κ3) is 5.91. The van der Waals surface area contributed by atoms with Crippen LogP contribution in [0.25, 0.3) is 5.69 Å². The molecule has 0 bridgehead atoms. The van der Waals surface area contributed by atoms with Gasteiger partial charge in [0, 0.05) is 26.6 Å². The maximum atomic E-state index is 12.2. The number of urea groups is 1. The molecule has 0 radical (unpaired) electrons. The number of carbonyl (C=O) groups is 2. The molecule has 3 aromatic rings. The SMILES string of the molecule is CC(NC(=O)CCNC(=O)N(C)Cc1ccccc1)c1ccc(-n2cncn2)cc1. The lowest BCUT2D eigenvalue weighted by molar-refractivity contribution is -0.121. The number of nitrogens with one attached hydrogen (secondary N) is 2. The summed E-state index contributed by atoms with van der Waals surface area (Å²) in [7, 11) is 1.73. The van der Waals surface area contributed by atoms with E-state index in [-0.39, 0.29) is 30.9 Å². The van der Waals surface area contributed by atoms with E-state index in [0.29, 0.717) is 6.54 Å². The highest BCUT2D eigenvalue weighted by Gasteiger charge is 2.12. The minimum atomic E-state index is -0.205. The second kappa shape index (κ2) is 10.2. The fourth-order valence-electron chi connectivity index (χ4n) is 3.00. The zero-order chi connectivity index (χ0) is 21.3. The normalized spacial score (nSPS) is 11.5. The van der Waals surface area contributed by atoms with Crippen LogP contribution < -0.4 is 10.6 Å². The first-order valence-corrected chi connectivity index (χ1v) is 9.80. The van der Waals surface area contributed by atoms with Crippen molar-refractivity contribution in [1.82, 2.24) is 30.3 Å². The van der Waals surface area contributed by atoms with Crippen LogP contribution in [0.4, 0.5) is 4.79 Å². The summed E-state index contributed by atoms with van der Waals surface area (Å²) in [4.78, 5) is 29.9. The molecule has 1 heterocycles. The van der Waals surface area contributed by atoms with Gasteiger partial charge in [0.05, 0.1) is 11.7 Å². The maximum absolute atomic E-state index is 12.2. The molecule has 1 atom stereocenters. The van der Waals surface area contributed by atoms with Gasteiger partial charge in [-0.3, -0.25) is 4.79 Å². The Morgan fingerprint density at radius 2 is 1.83 bits per heavy atom. The van der Waals surface area contributed by atoms with Crippen LogP contribution >= 0.6 is 0 Å². The first-order valence-electron chi connectivity index (χ1n) is 9.80. The summed E-state index contributed by atoms with van der Waals surface area (Å²) in [6.45, 7) is 2.72. The minimum Gasteiger partial charge on any atom is -0.350 e. The van der Waals surface area contributed by atoms with E-state index < -0.39 is 0 Å². The highest BCUT2D eigenvalue weighted by molar-refractivity contribution is 5.78. The molecule has 0 fully saturated rings. The van der Waals surface area contributed by atoms with Crippen LogP contribution in [0.5, 0.6) is 0 Å². The predicted molar refractivity (Wildman–Crippen MR) is 114 cm³/mol. The highest BCUT2D eigenvalue weighted by Crippen LogP contribution is 2.15. The summed E-state index contributed by atoms with van der Waals surface area (Å²) < 4.78 is 1.67. The smallest absolute Gasteiger partial charge is 0.317 e. The second-order valence-corrected chi connectivity index (χ2v) is 7.04. The van der Waals surface area contributed by atoms with E-state index in [1.54, 1.807) is 23.0 Å². The van der Waals surface area contributed by atoms with Crippen molar-refractivity contribution in [1.29, 1.82) is 0 Å². The molecule has 156 valence electrons. The van der Waals surface area contributed by atoms with E-state index in [0.717, 1.165) is 16.8 Å². The van der Waals surface area contributed by atoms with Crippen LogP contribution in [-0.4, -0.2) is 45.2 Å². The van der Waals surface area contributed by atoms with Crippen molar-refractivity contribution in [3.8, 4) is 5.69 Å². The van der Waals surface area contributed by atoms with Crippen LogP contribution in [0.3, 0.4) is 0 Å². The van der Waals surface area contributed by atoms with Crippen LogP contribution in [0.1, 0.15) is 30.5 Å². The van der Waals surface area contributed by atoms with Crippen LogP contribution in [0.2, 0.25) is 0 Å². The van der Waals surface area contributed by atoms with Crippen molar-refractivity contribution in [3.05, 3.63) is 78.4 Å². The first-order chi connectivity index (χ1) is 14.5. The van der Waals surface area contributed by atoms with Crippen LogP contribution in [-0.2, 0) is 11.3 Å². The summed E-state index contributed by atoms with van der Waals surface area (Å²) in [5.74, 6) is -0.117. The zero-order valence-corrected chi connectivity index (χ0v) is 17.2. The van der Waals surface area contributed by atoms with E-state index in [2.05, 4.69) is 20.7 Å². The molecule has 1 unspecified atom stereocenters. The number of hydrogen-bond acceptors (Lipinski definition) is 4. The van der Waals surface area contributed by atoms with E-state index in [9.17, 15) is 9.59 Å². The van der Waals surface area contributed by atoms with Gasteiger partial charge in [-0.05, 0) is 30.2 Å². The molecule has 0 saturated carbocycles. The van der Waals surface area contributed by atoms with Gasteiger partial charge in [0.25, 0.3) is 0 Å². The molecular weight excluding hydrogens is 380 g/mol. The molecule has 0 aliphatic rings. The number of amides is 3. The molecule has 3 amide bonds. The van der Waals surface area contributed by atoms with Crippen molar-refractivity contribution in [2.45, 2.75) is 25.9 Å². The van der Waals surface area contributed by atoms with Gasteiger partial charge in [-0.15, -0.1) is 0 Å². The van der Waals surface area contributed by atoms with E-state index >= 15 is 0 Å². The van der Waals surface area contributed by atoms with E-state index in [1.807, 2.05) is 61.5 Å². The lowest BCUT2D eigenvalue weighted by Gasteiger charge is -2.18. The molecule has 1 aromatic heterocycles. The fourth-order valence-corrected chi connectivity index (χ4v) is 3.00. The van der Waals surface area contributed by atoms with Crippen molar-refractivity contribution in [2.75, 3.05) is 13.6 Å². The fraction of sp³-hybridized carbons (Fsp3) is 0.273. The maximum Gasteiger partial charge on any atom is 0.317 e. The number of benzene rings is 2. The van der Waals surface area contributed by atoms with Gasteiger partial charge < -0.3 is 15.5 Å². The Balaban J connectivity index is 1.40. The van der Waals surface area contributed by atoms with Gasteiger partial charge in [-0.2, -0.15) is 5.10 Å². The molecule has 30 heavy (non-hydrogen) atoms. The highest BCUT2D eigenvalue weighted by atomic mass is 16.2. The molecular formula is C22H26N6O2. The van der Waals surface area contributed by atoms with Gasteiger partial charge in [-0.25, -0.2) is 14.5 Å². The molecule has 3 rings (SSSR count). The third-order valence-electron chi connectivity index (χ3n) is 4.69. The Morgan fingerprint density at radius 1 is 1.10 bits per heavy atom. The van der Waals surface area contributed by atoms with Crippen LogP contribution in [0, 0.1) is 0 Å². The van der Waals surface area contributed by atoms with Gasteiger partial charge >= 0.3 is 6.03 Å². The number of hydrogen-bond donors (Lipinski definition) is 2. The summed E-state index contributed by atoms with van der Waals surface area (Å²) in [5.41, 5.74) is 2.94. The Kier molecular flexibility index (Phi) is 7.15. The van der Waals surface area contributed by atoms with Crippen molar-refractivity contribution in [2.24, 2.45) is 0 Å². The number of rotatable bonds is 8. The summed E-state index contributed by atoms with van der Waals surface area (Å²) >= 11 is 0. The first kappa shape index (κ1) is 21.0. The van der Waals surface area contributed by atoms with E-state index in [4.69, 9.17) is 0 Å². The quantitative estimate of drug-likeness (QED) is 0.602. The van der Waals surface area contributed by atoms with Crippen molar-refractivity contribution in [3.63, 3.8) is 0 Å². The summed E-state index contributed by atoms with van der Waals surface area (Å²) in [5, 5.41) is 9.83. The van der Waals surface area contributed by atoms with Gasteiger partial charge in [0.15, 0.2) is 0 Å². The Bertz CT molecular complexity index is 942. The molecule has 8 nitrogen and oxygen atoms in total. The lowest BCUT2D eigenvalue weighted by Crippen LogP contribution is -2.39. The Hall–Kier alpha value is -3.68. The predicted octanol–water partition coefficient (Wildman–Crippen LogP) is 2.68. The minimum absolute atomic E-state index is 0.117. The number of aromatic nitrogens is 3. The molecule has 8 heteroatoms. The zero-order valence-electron chi connectivity index (χ0n) is 17.2. The third-order valence-corrected chi connectivity index (χ3v) is 4.69. The molecule has 0 aliphatic carbocycles.